The molecule has 0 aromatic heterocycles. The van der Waals surface area contributed by atoms with Gasteiger partial charge in [-0.15, -0.1) is 0 Å². The molecule has 0 aliphatic carbocycles. The molecule has 0 saturated carbocycles. The van der Waals surface area contributed by atoms with Gasteiger partial charge in [0.1, 0.15) is 5.75 Å². The summed E-state index contributed by atoms with van der Waals surface area (Å²) in [4.78, 5) is 32.4. The second kappa shape index (κ2) is 9.98. The van der Waals surface area contributed by atoms with Gasteiger partial charge in [0.25, 0.3) is 5.91 Å². The van der Waals surface area contributed by atoms with E-state index >= 15 is 0 Å². The molecule has 2 amide bonds. The average molecular weight is 564 g/mol. The number of piperidine rings is 1. The molecule has 0 N–H and O–H groups in total. The highest BCUT2D eigenvalue weighted by atomic mass is 16.5. The van der Waals surface area contributed by atoms with E-state index in [0.29, 0.717) is 18.5 Å². The van der Waals surface area contributed by atoms with E-state index in [0.717, 1.165) is 85.7 Å². The first-order valence-corrected chi connectivity index (χ1v) is 15.5. The summed E-state index contributed by atoms with van der Waals surface area (Å²) in [6.45, 7) is 13.3. The van der Waals surface area contributed by atoms with Gasteiger partial charge in [-0.05, 0) is 125 Å². The Hall–Kier alpha value is -3.64. The van der Waals surface area contributed by atoms with E-state index in [1.54, 1.807) is 0 Å². The van der Waals surface area contributed by atoms with Crippen LogP contribution < -0.4 is 14.5 Å². The Morgan fingerprint density at radius 1 is 0.905 bits per heavy atom. The summed E-state index contributed by atoms with van der Waals surface area (Å²) in [7, 11) is 0. The van der Waals surface area contributed by atoms with Crippen molar-refractivity contribution in [1.29, 1.82) is 0 Å². The van der Waals surface area contributed by atoms with Crippen LogP contribution in [0.5, 0.6) is 5.75 Å². The highest BCUT2D eigenvalue weighted by Crippen LogP contribution is 2.49. The lowest BCUT2D eigenvalue weighted by Crippen LogP contribution is -2.50. The molecule has 6 heteroatoms. The number of anilines is 2. The molecule has 0 radical (unpaired) electrons. The van der Waals surface area contributed by atoms with Gasteiger partial charge in [-0.3, -0.25) is 14.5 Å². The number of rotatable bonds is 3. The number of nitrogens with zero attached hydrogens (tertiary/aromatic N) is 3. The first kappa shape index (κ1) is 27.2. The molecule has 6 nitrogen and oxygen atoms in total. The number of fused-ring (bicyclic) bond motifs is 3. The Bertz CT molecular complexity index is 1560. The zero-order valence-corrected chi connectivity index (χ0v) is 25.3. The van der Waals surface area contributed by atoms with Gasteiger partial charge < -0.3 is 14.5 Å². The molecular weight excluding hydrogens is 522 g/mol. The third-order valence-electron chi connectivity index (χ3n) is 10.1. The first-order chi connectivity index (χ1) is 20.1. The van der Waals surface area contributed by atoms with Gasteiger partial charge in [-0.25, -0.2) is 0 Å². The average Bonchev–Trinajstić information content (AvgIpc) is 3.69. The van der Waals surface area contributed by atoms with Gasteiger partial charge in [0.15, 0.2) is 0 Å². The number of hydrogen-bond donors (Lipinski definition) is 0. The monoisotopic (exact) mass is 563 g/mol. The van der Waals surface area contributed by atoms with Gasteiger partial charge in [0.2, 0.25) is 5.91 Å². The minimum atomic E-state index is 0.0422. The van der Waals surface area contributed by atoms with Gasteiger partial charge in [-0.1, -0.05) is 18.2 Å². The lowest BCUT2D eigenvalue weighted by molar-refractivity contribution is -0.117. The molecule has 4 heterocycles. The minimum Gasteiger partial charge on any atom is -0.492 e. The number of amides is 2. The Morgan fingerprint density at radius 2 is 1.67 bits per heavy atom. The van der Waals surface area contributed by atoms with Crippen LogP contribution in [0, 0.1) is 6.92 Å². The van der Waals surface area contributed by atoms with Crippen LogP contribution in [0.3, 0.4) is 0 Å². The van der Waals surface area contributed by atoms with Crippen LogP contribution in [-0.4, -0.2) is 55.0 Å². The van der Waals surface area contributed by atoms with E-state index in [4.69, 9.17) is 4.74 Å². The maximum atomic E-state index is 13.8. The van der Waals surface area contributed by atoms with Crippen molar-refractivity contribution in [2.24, 2.45) is 0 Å². The Kier molecular flexibility index (Phi) is 6.46. The largest absolute Gasteiger partial charge is 0.492 e. The van der Waals surface area contributed by atoms with E-state index in [1.807, 2.05) is 40.1 Å². The van der Waals surface area contributed by atoms with Crippen molar-refractivity contribution in [2.45, 2.75) is 70.8 Å². The normalized spacial score (nSPS) is 19.8. The van der Waals surface area contributed by atoms with E-state index < -0.39 is 0 Å². The third-order valence-corrected chi connectivity index (χ3v) is 10.1. The zero-order chi connectivity index (χ0) is 29.2. The number of hydrogen-bond acceptors (Lipinski definition) is 4. The summed E-state index contributed by atoms with van der Waals surface area (Å²) in [6, 6.07) is 18.7. The molecule has 218 valence electrons. The molecular formula is C36H41N3O3. The van der Waals surface area contributed by atoms with Crippen LogP contribution in [-0.2, 0) is 16.6 Å². The van der Waals surface area contributed by atoms with Crippen LogP contribution in [0.2, 0.25) is 0 Å². The van der Waals surface area contributed by atoms with Crippen molar-refractivity contribution in [1.82, 2.24) is 4.90 Å². The Labute approximate surface area is 249 Å². The second-order valence-electron chi connectivity index (χ2n) is 13.6. The van der Waals surface area contributed by atoms with E-state index in [2.05, 4.69) is 56.9 Å². The summed E-state index contributed by atoms with van der Waals surface area (Å²) >= 11 is 0. The van der Waals surface area contributed by atoms with Crippen molar-refractivity contribution in [2.75, 3.05) is 42.6 Å². The van der Waals surface area contributed by atoms with Gasteiger partial charge in [-0.2, -0.15) is 0 Å². The lowest BCUT2D eigenvalue weighted by Gasteiger charge is -2.44. The van der Waals surface area contributed by atoms with Crippen LogP contribution >= 0.6 is 0 Å². The molecule has 4 aliphatic rings. The summed E-state index contributed by atoms with van der Waals surface area (Å²) in [5, 5.41) is 0. The number of benzene rings is 3. The number of aryl methyl sites for hydroxylation is 1. The quantitative estimate of drug-likeness (QED) is 0.364. The fraction of sp³-hybridized carbons (Fsp3) is 0.444. The molecule has 42 heavy (non-hydrogen) atoms. The maximum absolute atomic E-state index is 13.8. The van der Waals surface area contributed by atoms with Gasteiger partial charge >= 0.3 is 0 Å². The van der Waals surface area contributed by atoms with Crippen LogP contribution in [0.15, 0.2) is 54.6 Å². The lowest BCUT2D eigenvalue weighted by atomic mass is 9.73. The maximum Gasteiger partial charge on any atom is 0.258 e. The van der Waals surface area contributed by atoms with Crippen molar-refractivity contribution >= 4 is 23.2 Å². The van der Waals surface area contributed by atoms with Gasteiger partial charge in [0, 0.05) is 53.0 Å². The summed E-state index contributed by atoms with van der Waals surface area (Å²) in [6.07, 6.45) is 4.57. The van der Waals surface area contributed by atoms with Crippen molar-refractivity contribution in [3.63, 3.8) is 0 Å². The molecule has 3 aromatic rings. The van der Waals surface area contributed by atoms with Crippen LogP contribution in [0.25, 0.3) is 11.1 Å². The molecule has 2 saturated heterocycles. The Balaban J connectivity index is 1.11. The molecule has 2 fully saturated rings. The van der Waals surface area contributed by atoms with Crippen LogP contribution in [0.1, 0.15) is 73.5 Å². The molecule has 4 aliphatic heterocycles. The standard InChI is InChI=1S/C36H41N3O3/c1-24-20-28(38-16-5-6-33(38)40)11-12-29(24)25-7-9-26(10-8-25)34(41)39-17-13-27-21-32-30(22-31(27)39)36(23-42-32)14-18-37(19-15-36)35(2,3)4/h7-12,20-22H,5-6,13-19,23H2,1-4H3. The summed E-state index contributed by atoms with van der Waals surface area (Å²) in [5.74, 6) is 1.27. The Morgan fingerprint density at radius 3 is 2.33 bits per heavy atom. The number of likely N-dealkylation sites (tertiary alicyclic amines) is 1. The third kappa shape index (κ3) is 4.51. The highest BCUT2D eigenvalue weighted by molar-refractivity contribution is 6.07. The van der Waals surface area contributed by atoms with Crippen molar-refractivity contribution < 1.29 is 14.3 Å². The molecule has 0 atom stereocenters. The predicted octanol–water partition coefficient (Wildman–Crippen LogP) is 6.52. The van der Waals surface area contributed by atoms with Crippen molar-refractivity contribution in [3.05, 3.63) is 76.9 Å². The smallest absolute Gasteiger partial charge is 0.258 e. The second-order valence-corrected chi connectivity index (χ2v) is 13.6. The van der Waals surface area contributed by atoms with Crippen molar-refractivity contribution in [3.8, 4) is 16.9 Å². The van der Waals surface area contributed by atoms with E-state index in [9.17, 15) is 9.59 Å². The fourth-order valence-electron chi connectivity index (χ4n) is 7.48. The highest BCUT2D eigenvalue weighted by Gasteiger charge is 2.45. The SMILES string of the molecule is Cc1cc(N2CCCC2=O)ccc1-c1ccc(C(=O)N2CCc3cc4c(cc32)C2(CCN(C(C)(C)C)CC2)CO4)cc1. The predicted molar refractivity (Wildman–Crippen MR) is 168 cm³/mol. The topological polar surface area (TPSA) is 53.1 Å². The van der Waals surface area contributed by atoms with Gasteiger partial charge in [0.05, 0.1) is 6.61 Å². The number of carbonyl (C=O) groups is 2. The molecule has 1 spiro atoms. The number of ether oxygens (including phenoxy) is 1. The molecule has 7 rings (SSSR count). The summed E-state index contributed by atoms with van der Waals surface area (Å²) < 4.78 is 6.28. The molecule has 0 bridgehead atoms. The molecule has 0 unspecified atom stereocenters. The summed E-state index contributed by atoms with van der Waals surface area (Å²) in [5.41, 5.74) is 8.75. The van der Waals surface area contributed by atoms with E-state index in [-0.39, 0.29) is 22.8 Å². The van der Waals surface area contributed by atoms with E-state index in [1.165, 1.54) is 11.1 Å². The minimum absolute atomic E-state index is 0.0422. The zero-order valence-electron chi connectivity index (χ0n) is 25.3. The number of carbonyl (C=O) groups excluding carboxylic acids is 2. The fourth-order valence-corrected chi connectivity index (χ4v) is 7.48. The van der Waals surface area contributed by atoms with Crippen LogP contribution in [0.4, 0.5) is 11.4 Å². The molecule has 3 aromatic carbocycles. The first-order valence-electron chi connectivity index (χ1n) is 15.5.